The number of unbranched alkanes of at least 4 members (excludes halogenated alkanes) is 11. The third-order valence-corrected chi connectivity index (χ3v) is 4.52. The molecule has 0 aromatic rings. The Morgan fingerprint density at radius 3 is 1.45 bits per heavy atom. The van der Waals surface area contributed by atoms with Gasteiger partial charge in [-0.1, -0.05) is 96.1 Å². The first-order chi connectivity index (χ1) is 10.1. The quantitative estimate of drug-likeness (QED) is 0.230. The standard InChI is InChI=1S/C20H41N.ClH/c1-6-7-8-9-10-11-12-13-14-15-16-17-18-20(19(2)3)21(4)5;/h20H,2,6-18H2,1,3-5H3;1H. The van der Waals surface area contributed by atoms with Gasteiger partial charge in [-0.05, 0) is 27.4 Å². The molecule has 0 rings (SSSR count). The van der Waals surface area contributed by atoms with Crippen LogP contribution in [0.1, 0.15) is 97.3 Å². The maximum Gasteiger partial charge on any atom is 0.0296 e. The van der Waals surface area contributed by atoms with Gasteiger partial charge >= 0.3 is 0 Å². The fraction of sp³-hybridized carbons (Fsp3) is 0.900. The highest BCUT2D eigenvalue weighted by Gasteiger charge is 2.10. The smallest absolute Gasteiger partial charge is 0.0296 e. The summed E-state index contributed by atoms with van der Waals surface area (Å²) in [6, 6.07) is 0.577. The molecule has 2 heteroatoms. The van der Waals surface area contributed by atoms with Crippen molar-refractivity contribution in [2.24, 2.45) is 0 Å². The van der Waals surface area contributed by atoms with Crippen molar-refractivity contribution in [3.8, 4) is 0 Å². The van der Waals surface area contributed by atoms with Crippen LogP contribution in [0.15, 0.2) is 12.2 Å². The summed E-state index contributed by atoms with van der Waals surface area (Å²) in [7, 11) is 4.33. The molecule has 0 aromatic heterocycles. The molecular formula is C20H42ClN. The van der Waals surface area contributed by atoms with E-state index >= 15 is 0 Å². The van der Waals surface area contributed by atoms with Gasteiger partial charge in [0.15, 0.2) is 0 Å². The molecule has 1 atom stereocenters. The molecule has 0 spiro atoms. The summed E-state index contributed by atoms with van der Waals surface area (Å²) in [5, 5.41) is 0. The summed E-state index contributed by atoms with van der Waals surface area (Å²) in [6.45, 7) is 8.56. The third-order valence-electron chi connectivity index (χ3n) is 4.52. The molecule has 22 heavy (non-hydrogen) atoms. The van der Waals surface area contributed by atoms with Crippen LogP contribution in [-0.4, -0.2) is 25.0 Å². The minimum Gasteiger partial charge on any atom is -0.303 e. The second kappa shape index (κ2) is 17.3. The van der Waals surface area contributed by atoms with E-state index in [9.17, 15) is 0 Å². The minimum atomic E-state index is 0. The van der Waals surface area contributed by atoms with Gasteiger partial charge in [-0.2, -0.15) is 0 Å². The van der Waals surface area contributed by atoms with Crippen LogP contribution in [-0.2, 0) is 0 Å². The van der Waals surface area contributed by atoms with Crippen molar-refractivity contribution in [1.29, 1.82) is 0 Å². The first-order valence-electron chi connectivity index (χ1n) is 9.41. The number of hydrogen-bond acceptors (Lipinski definition) is 1. The predicted octanol–water partition coefficient (Wildman–Crippen LogP) is 7.01. The maximum absolute atomic E-state index is 4.11. The van der Waals surface area contributed by atoms with Crippen LogP contribution < -0.4 is 0 Å². The lowest BCUT2D eigenvalue weighted by Gasteiger charge is -2.24. The van der Waals surface area contributed by atoms with Crippen LogP contribution >= 0.6 is 12.4 Å². The SMILES string of the molecule is C=C(C)C(CCCCCCCCCCCCCC)N(C)C.Cl. The van der Waals surface area contributed by atoms with Crippen molar-refractivity contribution in [3.63, 3.8) is 0 Å². The van der Waals surface area contributed by atoms with E-state index in [4.69, 9.17) is 0 Å². The lowest BCUT2D eigenvalue weighted by Crippen LogP contribution is -2.28. The van der Waals surface area contributed by atoms with E-state index in [0.717, 1.165) is 0 Å². The molecule has 0 saturated heterocycles. The third kappa shape index (κ3) is 14.9. The Balaban J connectivity index is 0. The van der Waals surface area contributed by atoms with Crippen LogP contribution in [0.5, 0.6) is 0 Å². The summed E-state index contributed by atoms with van der Waals surface area (Å²) in [5.74, 6) is 0. The monoisotopic (exact) mass is 331 g/mol. The molecule has 0 bridgehead atoms. The van der Waals surface area contributed by atoms with E-state index in [1.54, 1.807) is 0 Å². The molecule has 0 amide bonds. The summed E-state index contributed by atoms with van der Waals surface area (Å²) >= 11 is 0. The van der Waals surface area contributed by atoms with Crippen molar-refractivity contribution in [1.82, 2.24) is 4.90 Å². The van der Waals surface area contributed by atoms with Crippen molar-refractivity contribution in [3.05, 3.63) is 12.2 Å². The van der Waals surface area contributed by atoms with Crippen LogP contribution in [0.4, 0.5) is 0 Å². The number of rotatable bonds is 15. The Labute approximate surface area is 147 Å². The summed E-state index contributed by atoms with van der Waals surface area (Å²) < 4.78 is 0. The van der Waals surface area contributed by atoms with Gasteiger partial charge < -0.3 is 4.90 Å². The van der Waals surface area contributed by atoms with Gasteiger partial charge in [0, 0.05) is 6.04 Å². The fourth-order valence-electron chi connectivity index (χ4n) is 3.12. The highest BCUT2D eigenvalue weighted by atomic mass is 35.5. The van der Waals surface area contributed by atoms with Gasteiger partial charge in [-0.15, -0.1) is 12.4 Å². The number of nitrogens with zero attached hydrogens (tertiary/aromatic N) is 1. The Morgan fingerprint density at radius 1 is 0.773 bits per heavy atom. The van der Waals surface area contributed by atoms with Gasteiger partial charge in [0.25, 0.3) is 0 Å². The zero-order chi connectivity index (χ0) is 15.9. The first-order valence-corrected chi connectivity index (χ1v) is 9.41. The Bertz CT molecular complexity index is 238. The molecule has 0 aromatic carbocycles. The average molecular weight is 332 g/mol. The van der Waals surface area contributed by atoms with Crippen molar-refractivity contribution in [2.45, 2.75) is 103 Å². The van der Waals surface area contributed by atoms with E-state index in [0.29, 0.717) is 6.04 Å². The summed E-state index contributed by atoms with van der Waals surface area (Å²) in [4.78, 5) is 2.31. The van der Waals surface area contributed by atoms with Gasteiger partial charge in [0.1, 0.15) is 0 Å². The molecule has 0 heterocycles. The van der Waals surface area contributed by atoms with Gasteiger partial charge in [0.2, 0.25) is 0 Å². The summed E-state index contributed by atoms with van der Waals surface area (Å²) in [5.41, 5.74) is 1.31. The predicted molar refractivity (Wildman–Crippen MR) is 105 cm³/mol. The number of halogens is 1. The van der Waals surface area contributed by atoms with E-state index in [-0.39, 0.29) is 12.4 Å². The van der Waals surface area contributed by atoms with Gasteiger partial charge in [-0.25, -0.2) is 0 Å². The molecule has 1 unspecified atom stereocenters. The highest BCUT2D eigenvalue weighted by molar-refractivity contribution is 5.85. The number of likely N-dealkylation sites (N-methyl/N-ethyl adjacent to an activating group) is 1. The van der Waals surface area contributed by atoms with Crippen LogP contribution in [0, 0.1) is 0 Å². The molecule has 0 N–H and O–H groups in total. The normalized spacial score (nSPS) is 12.2. The largest absolute Gasteiger partial charge is 0.303 e. The topological polar surface area (TPSA) is 3.24 Å². The van der Waals surface area contributed by atoms with E-state index in [1.807, 2.05) is 0 Å². The summed E-state index contributed by atoms with van der Waals surface area (Å²) in [6.07, 6.45) is 18.4. The van der Waals surface area contributed by atoms with Gasteiger partial charge in [0.05, 0.1) is 0 Å². The lowest BCUT2D eigenvalue weighted by atomic mass is 10.0. The van der Waals surface area contributed by atoms with Crippen LogP contribution in [0.25, 0.3) is 0 Å². The molecule has 0 saturated carbocycles. The Hall–Kier alpha value is -0.0100. The van der Waals surface area contributed by atoms with Gasteiger partial charge in [-0.3, -0.25) is 0 Å². The second-order valence-corrected chi connectivity index (χ2v) is 7.00. The van der Waals surface area contributed by atoms with Crippen molar-refractivity contribution >= 4 is 12.4 Å². The molecule has 0 fully saturated rings. The lowest BCUT2D eigenvalue weighted by molar-refractivity contribution is 0.307. The molecule has 0 aliphatic heterocycles. The Kier molecular flexibility index (Phi) is 19.1. The highest BCUT2D eigenvalue weighted by Crippen LogP contribution is 2.16. The number of hydrogen-bond donors (Lipinski definition) is 0. The van der Waals surface area contributed by atoms with Crippen LogP contribution in [0.2, 0.25) is 0 Å². The van der Waals surface area contributed by atoms with E-state index in [2.05, 4.69) is 39.4 Å². The zero-order valence-corrected chi connectivity index (χ0v) is 16.6. The van der Waals surface area contributed by atoms with Crippen molar-refractivity contribution in [2.75, 3.05) is 14.1 Å². The Morgan fingerprint density at radius 2 is 1.14 bits per heavy atom. The fourth-order valence-corrected chi connectivity index (χ4v) is 3.12. The van der Waals surface area contributed by atoms with E-state index in [1.165, 1.54) is 89.0 Å². The molecule has 1 nitrogen and oxygen atoms in total. The molecule has 134 valence electrons. The molecule has 0 radical (unpaired) electrons. The zero-order valence-electron chi connectivity index (χ0n) is 15.8. The average Bonchev–Trinajstić information content (AvgIpc) is 2.43. The molecular weight excluding hydrogens is 290 g/mol. The maximum atomic E-state index is 4.11. The minimum absolute atomic E-state index is 0. The molecule has 0 aliphatic rings. The van der Waals surface area contributed by atoms with E-state index < -0.39 is 0 Å². The van der Waals surface area contributed by atoms with Crippen LogP contribution in [0.3, 0.4) is 0 Å². The first kappa shape index (κ1) is 24.2. The second-order valence-electron chi connectivity index (χ2n) is 7.00. The molecule has 0 aliphatic carbocycles. The van der Waals surface area contributed by atoms with Crippen molar-refractivity contribution < 1.29 is 0 Å².